The van der Waals surface area contributed by atoms with Gasteiger partial charge in [0, 0.05) is 3.57 Å². The summed E-state index contributed by atoms with van der Waals surface area (Å²) in [5.41, 5.74) is 1.83. The van der Waals surface area contributed by atoms with Crippen LogP contribution in [0.4, 0.5) is 13.2 Å². The number of rotatable bonds is 8. The average Bonchev–Trinajstić information content (AvgIpc) is 3.32. The Morgan fingerprint density at radius 2 is 1.54 bits per heavy atom. The Morgan fingerprint density at radius 3 is 2.17 bits per heavy atom. The van der Waals surface area contributed by atoms with Crippen molar-refractivity contribution in [2.24, 2.45) is 0 Å². The summed E-state index contributed by atoms with van der Waals surface area (Å²) in [6, 6.07) is 17.4. The summed E-state index contributed by atoms with van der Waals surface area (Å²) in [7, 11) is 0. The molecule has 180 valence electrons. The van der Waals surface area contributed by atoms with Gasteiger partial charge in [-0.1, -0.05) is 24.3 Å². The van der Waals surface area contributed by atoms with Gasteiger partial charge in [0.2, 0.25) is 0 Å². The Balaban J connectivity index is 1.61. The zero-order valence-corrected chi connectivity index (χ0v) is 20.2. The van der Waals surface area contributed by atoms with E-state index >= 15 is 0 Å². The molecule has 1 heterocycles. The molecule has 9 heteroatoms. The predicted molar refractivity (Wildman–Crippen MR) is 133 cm³/mol. The van der Waals surface area contributed by atoms with Crippen molar-refractivity contribution in [3.05, 3.63) is 99.3 Å². The van der Waals surface area contributed by atoms with Gasteiger partial charge in [-0.15, -0.1) is 0 Å². The second-order valence-electron chi connectivity index (χ2n) is 7.42. The predicted octanol–water partition coefficient (Wildman–Crippen LogP) is 7.03. The van der Waals surface area contributed by atoms with Crippen molar-refractivity contribution in [2.75, 3.05) is 13.2 Å². The van der Waals surface area contributed by atoms with Crippen molar-refractivity contribution < 1.29 is 37.0 Å². The molecule has 0 amide bonds. The van der Waals surface area contributed by atoms with E-state index in [1.54, 1.807) is 24.3 Å². The first-order chi connectivity index (χ1) is 16.7. The van der Waals surface area contributed by atoms with E-state index in [0.717, 1.165) is 21.3 Å². The Labute approximate surface area is 211 Å². The van der Waals surface area contributed by atoms with E-state index in [2.05, 4.69) is 22.6 Å². The Bertz CT molecular complexity index is 1360. The van der Waals surface area contributed by atoms with Crippen LogP contribution in [0, 0.1) is 3.57 Å². The highest BCUT2D eigenvalue weighted by Crippen LogP contribution is 2.35. The Kier molecular flexibility index (Phi) is 7.34. The maximum atomic E-state index is 13.0. The molecular formula is C26H18F3IO5. The number of carboxylic acids is 1. The van der Waals surface area contributed by atoms with Gasteiger partial charge in [-0.05, 0) is 87.8 Å². The fourth-order valence-electron chi connectivity index (χ4n) is 3.48. The number of alkyl halides is 3. The van der Waals surface area contributed by atoms with Crippen LogP contribution >= 0.6 is 22.6 Å². The first-order valence-corrected chi connectivity index (χ1v) is 11.4. The lowest BCUT2D eigenvalue weighted by Gasteiger charge is -2.13. The molecule has 0 aliphatic heterocycles. The van der Waals surface area contributed by atoms with Crippen LogP contribution in [0.3, 0.4) is 0 Å². The monoisotopic (exact) mass is 594 g/mol. The molecule has 3 aromatic carbocycles. The van der Waals surface area contributed by atoms with Crippen LogP contribution in [0.1, 0.15) is 16.7 Å². The number of halogens is 4. The maximum Gasteiger partial charge on any atom is 0.416 e. The molecule has 0 radical (unpaired) electrons. The van der Waals surface area contributed by atoms with Crippen molar-refractivity contribution in [1.29, 1.82) is 0 Å². The number of aliphatic carboxylic acids is 1. The lowest BCUT2D eigenvalue weighted by Crippen LogP contribution is -2.09. The molecule has 0 bridgehead atoms. The third-order valence-electron chi connectivity index (χ3n) is 5.10. The van der Waals surface area contributed by atoms with E-state index in [0.29, 0.717) is 33.6 Å². The van der Waals surface area contributed by atoms with Crippen LogP contribution < -0.4 is 9.47 Å². The molecule has 0 spiro atoms. The van der Waals surface area contributed by atoms with Crippen molar-refractivity contribution in [3.8, 4) is 11.5 Å². The molecule has 5 nitrogen and oxygen atoms in total. The lowest BCUT2D eigenvalue weighted by atomic mass is 9.96. The van der Waals surface area contributed by atoms with Gasteiger partial charge in [0.15, 0.2) is 17.9 Å². The molecule has 4 rings (SSSR count). The van der Waals surface area contributed by atoms with Gasteiger partial charge in [-0.3, -0.25) is 0 Å². The van der Waals surface area contributed by atoms with Gasteiger partial charge in [0.1, 0.15) is 12.4 Å². The van der Waals surface area contributed by atoms with Gasteiger partial charge in [0.05, 0.1) is 17.2 Å². The average molecular weight is 594 g/mol. The smallest absolute Gasteiger partial charge is 0.416 e. The number of hydrogen-bond donors (Lipinski definition) is 1. The highest BCUT2D eigenvalue weighted by molar-refractivity contribution is 14.1. The van der Waals surface area contributed by atoms with Crippen LogP contribution in [-0.4, -0.2) is 24.3 Å². The number of carboxylic acid groups (broad SMARTS) is 1. The summed E-state index contributed by atoms with van der Waals surface area (Å²) in [4.78, 5) is 10.8. The summed E-state index contributed by atoms with van der Waals surface area (Å²) >= 11 is 2.18. The molecule has 0 unspecified atom stereocenters. The summed E-state index contributed by atoms with van der Waals surface area (Å²) in [5, 5.41) is 9.41. The summed E-state index contributed by atoms with van der Waals surface area (Å²) < 4.78 is 56.8. The molecule has 0 atom stereocenters. The number of carbonyl (C=O) groups is 1. The molecule has 0 aliphatic carbocycles. The van der Waals surface area contributed by atoms with Crippen molar-refractivity contribution in [1.82, 2.24) is 0 Å². The molecule has 1 N–H and O–H groups in total. The summed E-state index contributed by atoms with van der Waals surface area (Å²) in [5.74, 6) is -0.333. The van der Waals surface area contributed by atoms with Crippen LogP contribution in [0.25, 0.3) is 16.5 Å². The van der Waals surface area contributed by atoms with Gasteiger partial charge in [-0.25, -0.2) is 4.79 Å². The van der Waals surface area contributed by atoms with Crippen LogP contribution in [0.5, 0.6) is 11.5 Å². The molecule has 0 saturated heterocycles. The number of fused-ring (bicyclic) bond motifs is 1. The standard InChI is InChI=1S/C26H18F3IO5/c27-26(28,29)18-5-1-16(2-6-18)20(17-3-7-19(30)8-4-17)11-13-33-23-10-9-22(35-15-24(31)32)21-12-14-34-25(21)23/h1-12,14H,13,15H2,(H,31,32)/b20-11+. The van der Waals surface area contributed by atoms with Gasteiger partial charge in [0.25, 0.3) is 0 Å². The van der Waals surface area contributed by atoms with E-state index in [9.17, 15) is 18.0 Å². The number of furan rings is 1. The first kappa shape index (κ1) is 24.6. The normalized spacial score (nSPS) is 12.1. The second kappa shape index (κ2) is 10.4. The van der Waals surface area contributed by atoms with E-state index < -0.39 is 24.3 Å². The minimum absolute atomic E-state index is 0.105. The quantitative estimate of drug-likeness (QED) is 0.222. The van der Waals surface area contributed by atoms with Gasteiger partial charge >= 0.3 is 12.1 Å². The van der Waals surface area contributed by atoms with E-state index in [1.807, 2.05) is 24.3 Å². The molecule has 0 aliphatic rings. The maximum absolute atomic E-state index is 13.0. The zero-order chi connectivity index (χ0) is 25.0. The topological polar surface area (TPSA) is 68.9 Å². The third kappa shape index (κ3) is 5.97. The van der Waals surface area contributed by atoms with E-state index in [-0.39, 0.29) is 6.61 Å². The molecule has 1 aromatic heterocycles. The molecule has 35 heavy (non-hydrogen) atoms. The molecular weight excluding hydrogens is 576 g/mol. The number of ether oxygens (including phenoxy) is 2. The highest BCUT2D eigenvalue weighted by atomic mass is 127. The zero-order valence-electron chi connectivity index (χ0n) is 18.0. The van der Waals surface area contributed by atoms with Gasteiger partial charge in [-0.2, -0.15) is 13.2 Å². The fourth-order valence-corrected chi connectivity index (χ4v) is 3.83. The number of hydrogen-bond acceptors (Lipinski definition) is 4. The minimum atomic E-state index is -4.41. The minimum Gasteiger partial charge on any atom is -0.486 e. The van der Waals surface area contributed by atoms with Gasteiger partial charge < -0.3 is 19.0 Å². The Hall–Kier alpha value is -3.47. The van der Waals surface area contributed by atoms with Crippen LogP contribution in [0.15, 0.2) is 83.5 Å². The van der Waals surface area contributed by atoms with Crippen molar-refractivity contribution in [2.45, 2.75) is 6.18 Å². The largest absolute Gasteiger partial charge is 0.486 e. The Morgan fingerprint density at radius 1 is 0.914 bits per heavy atom. The summed E-state index contributed by atoms with van der Waals surface area (Å²) in [6.45, 7) is -0.386. The highest BCUT2D eigenvalue weighted by Gasteiger charge is 2.30. The summed E-state index contributed by atoms with van der Waals surface area (Å²) in [6.07, 6.45) is -1.18. The van der Waals surface area contributed by atoms with E-state index in [1.165, 1.54) is 18.4 Å². The third-order valence-corrected chi connectivity index (χ3v) is 5.82. The van der Waals surface area contributed by atoms with Crippen LogP contribution in [-0.2, 0) is 11.0 Å². The molecule has 0 fully saturated rings. The van der Waals surface area contributed by atoms with Crippen LogP contribution in [0.2, 0.25) is 0 Å². The van der Waals surface area contributed by atoms with E-state index in [4.69, 9.17) is 19.0 Å². The lowest BCUT2D eigenvalue weighted by molar-refractivity contribution is -0.139. The van der Waals surface area contributed by atoms with Crippen molar-refractivity contribution >= 4 is 45.1 Å². The SMILES string of the molecule is O=C(O)COc1ccc(OC/C=C(/c2ccc(I)cc2)c2ccc(C(F)(F)F)cc2)c2occc12. The number of benzene rings is 3. The molecule has 4 aromatic rings. The second-order valence-corrected chi connectivity index (χ2v) is 8.66. The fraction of sp³-hybridized carbons (Fsp3) is 0.115. The van der Waals surface area contributed by atoms with Crippen molar-refractivity contribution in [3.63, 3.8) is 0 Å². The first-order valence-electron chi connectivity index (χ1n) is 10.3. The molecule has 0 saturated carbocycles.